The molecule has 0 bridgehead atoms. The molecule has 0 aliphatic heterocycles. The van der Waals surface area contributed by atoms with Gasteiger partial charge in [0, 0.05) is 10.9 Å². The molecule has 1 heterocycles. The first-order valence-electron chi connectivity index (χ1n) is 5.61. The van der Waals surface area contributed by atoms with Gasteiger partial charge in [-0.3, -0.25) is 4.79 Å². The Balaban J connectivity index is 2.54. The summed E-state index contributed by atoms with van der Waals surface area (Å²) in [6.45, 7) is 1.94. The molecule has 0 aliphatic carbocycles. The topological polar surface area (TPSA) is 47.3 Å². The number of benzene rings is 2. The second-order valence-electron chi connectivity index (χ2n) is 4.31. The van der Waals surface area contributed by atoms with E-state index < -0.39 is 5.63 Å². The number of rotatable bonds is 1. The smallest absolute Gasteiger partial charge is 0.344 e. The molecule has 0 atom stereocenters. The minimum absolute atomic E-state index is 0.410. The van der Waals surface area contributed by atoms with E-state index in [2.05, 4.69) is 0 Å². The summed E-state index contributed by atoms with van der Waals surface area (Å²) in [6, 6.07) is 10.8. The lowest BCUT2D eigenvalue weighted by atomic mass is 10.0. The summed E-state index contributed by atoms with van der Waals surface area (Å²) in [7, 11) is 0. The van der Waals surface area contributed by atoms with Gasteiger partial charge in [0.05, 0.1) is 5.39 Å². The molecule has 0 aliphatic rings. The van der Waals surface area contributed by atoms with Crippen LogP contribution in [0.5, 0.6) is 0 Å². The summed E-state index contributed by atoms with van der Waals surface area (Å²) in [5.74, 6) is 0. The lowest BCUT2D eigenvalue weighted by Crippen LogP contribution is -2.00. The first kappa shape index (κ1) is 10.7. The maximum Gasteiger partial charge on any atom is 0.344 e. The Kier molecular flexibility index (Phi) is 2.27. The van der Waals surface area contributed by atoms with Gasteiger partial charge in [-0.05, 0) is 30.0 Å². The quantitative estimate of drug-likeness (QED) is 0.372. The van der Waals surface area contributed by atoms with Crippen LogP contribution in [0.3, 0.4) is 0 Å². The van der Waals surface area contributed by atoms with Crippen LogP contribution in [0.15, 0.2) is 45.6 Å². The van der Waals surface area contributed by atoms with E-state index in [0.717, 1.165) is 22.6 Å². The van der Waals surface area contributed by atoms with Crippen molar-refractivity contribution in [3.05, 3.63) is 57.9 Å². The molecule has 0 radical (unpaired) electrons. The van der Waals surface area contributed by atoms with E-state index in [9.17, 15) is 9.59 Å². The molecule has 88 valence electrons. The van der Waals surface area contributed by atoms with Gasteiger partial charge in [0.1, 0.15) is 11.9 Å². The fraction of sp³-hybridized carbons (Fsp3) is 0.0667. The fourth-order valence-corrected chi connectivity index (χ4v) is 2.13. The van der Waals surface area contributed by atoms with Crippen molar-refractivity contribution in [3.63, 3.8) is 0 Å². The molecule has 2 aromatic carbocycles. The highest BCUT2D eigenvalue weighted by molar-refractivity contribution is 6.05. The van der Waals surface area contributed by atoms with Gasteiger partial charge < -0.3 is 4.42 Å². The summed E-state index contributed by atoms with van der Waals surface area (Å²) in [5.41, 5.74) is 1.67. The van der Waals surface area contributed by atoms with E-state index >= 15 is 0 Å². The summed E-state index contributed by atoms with van der Waals surface area (Å²) < 4.78 is 5.28. The third kappa shape index (κ3) is 1.52. The maximum absolute atomic E-state index is 11.9. The molecule has 0 N–H and O–H groups in total. The Hall–Kier alpha value is -2.42. The molecular weight excluding hydrogens is 228 g/mol. The van der Waals surface area contributed by atoms with E-state index in [0.29, 0.717) is 16.5 Å². The SMILES string of the molecule is Cc1ccc2c(c1)oc(=O)c1cc(C=O)ccc12. The van der Waals surface area contributed by atoms with Crippen molar-refractivity contribution in [1.29, 1.82) is 0 Å². The first-order valence-corrected chi connectivity index (χ1v) is 5.61. The van der Waals surface area contributed by atoms with Crippen LogP contribution in [-0.2, 0) is 0 Å². The van der Waals surface area contributed by atoms with Crippen molar-refractivity contribution in [2.24, 2.45) is 0 Å². The molecule has 3 nitrogen and oxygen atoms in total. The monoisotopic (exact) mass is 238 g/mol. The van der Waals surface area contributed by atoms with E-state index in [-0.39, 0.29) is 0 Å². The maximum atomic E-state index is 11.9. The number of carbonyl (C=O) groups excluding carboxylic acids is 1. The van der Waals surface area contributed by atoms with Crippen LogP contribution >= 0.6 is 0 Å². The van der Waals surface area contributed by atoms with Crippen LogP contribution in [0.25, 0.3) is 21.7 Å². The number of hydrogen-bond acceptors (Lipinski definition) is 3. The standard InChI is InChI=1S/C15H10O3/c1-9-2-4-12-11-5-3-10(8-16)7-13(11)15(17)18-14(12)6-9/h2-8H,1H3. The van der Waals surface area contributed by atoms with Crippen LogP contribution < -0.4 is 5.63 Å². The number of aryl methyl sites for hydroxylation is 1. The second-order valence-corrected chi connectivity index (χ2v) is 4.31. The average molecular weight is 238 g/mol. The minimum Gasteiger partial charge on any atom is -0.422 e. The molecule has 0 amide bonds. The van der Waals surface area contributed by atoms with Crippen molar-refractivity contribution in [1.82, 2.24) is 0 Å². The minimum atomic E-state index is -0.410. The average Bonchev–Trinajstić information content (AvgIpc) is 2.38. The second kappa shape index (κ2) is 3.81. The lowest BCUT2D eigenvalue weighted by Gasteiger charge is -2.03. The van der Waals surface area contributed by atoms with Gasteiger partial charge in [-0.15, -0.1) is 0 Å². The molecule has 0 spiro atoms. The molecule has 3 aromatic rings. The highest BCUT2D eigenvalue weighted by atomic mass is 16.4. The Morgan fingerprint density at radius 1 is 1.00 bits per heavy atom. The van der Waals surface area contributed by atoms with Gasteiger partial charge in [0.25, 0.3) is 0 Å². The Morgan fingerprint density at radius 2 is 1.78 bits per heavy atom. The summed E-state index contributed by atoms with van der Waals surface area (Å²) >= 11 is 0. The van der Waals surface area contributed by atoms with Crippen molar-refractivity contribution < 1.29 is 9.21 Å². The molecule has 0 fully saturated rings. The lowest BCUT2D eigenvalue weighted by molar-refractivity contribution is 0.112. The summed E-state index contributed by atoms with van der Waals surface area (Å²) in [5, 5.41) is 2.13. The molecule has 3 heteroatoms. The predicted molar refractivity (Wildman–Crippen MR) is 70.1 cm³/mol. The highest BCUT2D eigenvalue weighted by Gasteiger charge is 2.07. The zero-order chi connectivity index (χ0) is 12.7. The van der Waals surface area contributed by atoms with Crippen LogP contribution in [0.2, 0.25) is 0 Å². The molecule has 3 rings (SSSR count). The van der Waals surface area contributed by atoms with E-state index in [1.165, 1.54) is 0 Å². The van der Waals surface area contributed by atoms with Crippen molar-refractivity contribution >= 4 is 28.0 Å². The molecule has 0 unspecified atom stereocenters. The van der Waals surface area contributed by atoms with Gasteiger partial charge in [-0.25, -0.2) is 4.79 Å². The molecular formula is C15H10O3. The van der Waals surface area contributed by atoms with Crippen LogP contribution in [0.1, 0.15) is 15.9 Å². The van der Waals surface area contributed by atoms with Crippen molar-refractivity contribution in [2.45, 2.75) is 6.92 Å². The predicted octanol–water partition coefficient (Wildman–Crippen LogP) is 3.07. The molecule has 1 aromatic heterocycles. The summed E-state index contributed by atoms with van der Waals surface area (Å²) in [4.78, 5) is 22.6. The number of fused-ring (bicyclic) bond motifs is 3. The van der Waals surface area contributed by atoms with Crippen LogP contribution in [0.4, 0.5) is 0 Å². The largest absolute Gasteiger partial charge is 0.422 e. The molecule has 0 saturated heterocycles. The van der Waals surface area contributed by atoms with Gasteiger partial charge in [-0.1, -0.05) is 24.3 Å². The van der Waals surface area contributed by atoms with Crippen LogP contribution in [0, 0.1) is 6.92 Å². The molecule has 0 saturated carbocycles. The Labute approximate surface area is 103 Å². The van der Waals surface area contributed by atoms with Gasteiger partial charge in [0.2, 0.25) is 0 Å². The van der Waals surface area contributed by atoms with E-state index in [1.54, 1.807) is 18.2 Å². The normalized spacial score (nSPS) is 10.9. The zero-order valence-corrected chi connectivity index (χ0v) is 9.77. The zero-order valence-electron chi connectivity index (χ0n) is 9.77. The third-order valence-corrected chi connectivity index (χ3v) is 3.03. The highest BCUT2D eigenvalue weighted by Crippen LogP contribution is 2.24. The fourth-order valence-electron chi connectivity index (χ4n) is 2.13. The van der Waals surface area contributed by atoms with E-state index in [1.807, 2.05) is 25.1 Å². The third-order valence-electron chi connectivity index (χ3n) is 3.03. The summed E-state index contributed by atoms with van der Waals surface area (Å²) in [6.07, 6.45) is 0.720. The Bertz CT molecular complexity index is 828. The van der Waals surface area contributed by atoms with Crippen molar-refractivity contribution in [3.8, 4) is 0 Å². The Morgan fingerprint density at radius 3 is 2.56 bits per heavy atom. The molecule has 18 heavy (non-hydrogen) atoms. The van der Waals surface area contributed by atoms with Gasteiger partial charge in [-0.2, -0.15) is 0 Å². The van der Waals surface area contributed by atoms with E-state index in [4.69, 9.17) is 4.42 Å². The van der Waals surface area contributed by atoms with Crippen molar-refractivity contribution in [2.75, 3.05) is 0 Å². The number of hydrogen-bond donors (Lipinski definition) is 0. The number of carbonyl (C=O) groups is 1. The van der Waals surface area contributed by atoms with Crippen LogP contribution in [-0.4, -0.2) is 6.29 Å². The number of aldehydes is 1. The van der Waals surface area contributed by atoms with Gasteiger partial charge in [0.15, 0.2) is 0 Å². The first-order chi connectivity index (χ1) is 8.69. The van der Waals surface area contributed by atoms with Gasteiger partial charge >= 0.3 is 5.63 Å².